The molecule has 0 radical (unpaired) electrons. The second kappa shape index (κ2) is 4.55. The van der Waals surface area contributed by atoms with E-state index in [-0.39, 0.29) is 5.75 Å². The molecule has 0 saturated carbocycles. The van der Waals surface area contributed by atoms with Crippen molar-refractivity contribution in [2.75, 3.05) is 6.61 Å². The fourth-order valence-electron chi connectivity index (χ4n) is 1.93. The van der Waals surface area contributed by atoms with Gasteiger partial charge in [-0.3, -0.25) is 0 Å². The summed E-state index contributed by atoms with van der Waals surface area (Å²) in [7, 11) is 0. The Bertz CT molecular complexity index is 584. The molecule has 1 aromatic carbocycles. The molecule has 2 heterocycles. The molecular formula is C13H11ClN2O2. The van der Waals surface area contributed by atoms with Gasteiger partial charge in [-0.2, -0.15) is 0 Å². The van der Waals surface area contributed by atoms with Crippen LogP contribution in [0.2, 0.25) is 5.15 Å². The summed E-state index contributed by atoms with van der Waals surface area (Å²) in [6.07, 6.45) is 0.753. The molecule has 1 N–H and O–H groups in total. The van der Waals surface area contributed by atoms with Crippen LogP contribution in [0.15, 0.2) is 24.3 Å². The van der Waals surface area contributed by atoms with Gasteiger partial charge in [0.15, 0.2) is 5.82 Å². The Kier molecular flexibility index (Phi) is 2.89. The van der Waals surface area contributed by atoms with E-state index in [4.69, 9.17) is 16.3 Å². The second-order valence-electron chi connectivity index (χ2n) is 4.11. The van der Waals surface area contributed by atoms with Gasteiger partial charge >= 0.3 is 0 Å². The predicted octanol–water partition coefficient (Wildman–Crippen LogP) is 2.58. The Morgan fingerprint density at radius 1 is 1.17 bits per heavy atom. The SMILES string of the molecule is Oc1ccc(-c2nc(Cl)c3c(n2)CCOC3)cc1. The zero-order valence-corrected chi connectivity index (χ0v) is 10.3. The van der Waals surface area contributed by atoms with Gasteiger partial charge in [-0.1, -0.05) is 11.6 Å². The third kappa shape index (κ3) is 2.05. The Hall–Kier alpha value is -1.65. The van der Waals surface area contributed by atoms with E-state index in [2.05, 4.69) is 9.97 Å². The number of phenolic OH excluding ortho intramolecular Hbond substituents is 1. The summed E-state index contributed by atoms with van der Waals surface area (Å²) in [6, 6.07) is 6.75. The van der Waals surface area contributed by atoms with Gasteiger partial charge < -0.3 is 9.84 Å². The van der Waals surface area contributed by atoms with Gasteiger partial charge in [0.2, 0.25) is 0 Å². The van der Waals surface area contributed by atoms with Gasteiger partial charge in [0, 0.05) is 17.5 Å². The number of aromatic nitrogens is 2. The Balaban J connectivity index is 2.08. The summed E-state index contributed by atoms with van der Waals surface area (Å²) in [4.78, 5) is 8.80. The average Bonchev–Trinajstić information content (AvgIpc) is 2.39. The second-order valence-corrected chi connectivity index (χ2v) is 4.47. The molecule has 3 rings (SSSR count). The molecule has 0 saturated heterocycles. The largest absolute Gasteiger partial charge is 0.508 e. The van der Waals surface area contributed by atoms with Gasteiger partial charge in [-0.15, -0.1) is 0 Å². The van der Waals surface area contributed by atoms with E-state index < -0.39 is 0 Å². The Morgan fingerprint density at radius 3 is 2.72 bits per heavy atom. The van der Waals surface area contributed by atoms with E-state index in [1.165, 1.54) is 0 Å². The lowest BCUT2D eigenvalue weighted by molar-refractivity contribution is 0.109. The summed E-state index contributed by atoms with van der Waals surface area (Å²) in [5.41, 5.74) is 2.67. The number of fused-ring (bicyclic) bond motifs is 1. The number of aromatic hydroxyl groups is 1. The van der Waals surface area contributed by atoms with Gasteiger partial charge in [0.1, 0.15) is 10.9 Å². The summed E-state index contributed by atoms with van der Waals surface area (Å²) in [5, 5.41) is 9.71. The molecule has 92 valence electrons. The quantitative estimate of drug-likeness (QED) is 0.803. The first-order valence-corrected chi connectivity index (χ1v) is 6.04. The number of nitrogens with zero attached hydrogens (tertiary/aromatic N) is 2. The molecule has 1 aliphatic rings. The first kappa shape index (κ1) is 11.4. The van der Waals surface area contributed by atoms with Crippen molar-refractivity contribution < 1.29 is 9.84 Å². The molecule has 1 aromatic heterocycles. The maximum absolute atomic E-state index is 9.27. The molecule has 0 fully saturated rings. The number of halogens is 1. The average molecular weight is 263 g/mol. The molecule has 0 amide bonds. The van der Waals surface area contributed by atoms with Crippen molar-refractivity contribution in [1.82, 2.24) is 9.97 Å². The van der Waals surface area contributed by atoms with E-state index in [1.54, 1.807) is 24.3 Å². The summed E-state index contributed by atoms with van der Waals surface area (Å²) < 4.78 is 5.34. The summed E-state index contributed by atoms with van der Waals surface area (Å²) in [6.45, 7) is 1.14. The van der Waals surface area contributed by atoms with Gasteiger partial charge in [-0.05, 0) is 24.3 Å². The van der Waals surface area contributed by atoms with Crippen molar-refractivity contribution in [3.05, 3.63) is 40.7 Å². The number of benzene rings is 1. The van der Waals surface area contributed by atoms with Gasteiger partial charge in [-0.25, -0.2) is 9.97 Å². The number of ether oxygens (including phenoxy) is 1. The zero-order chi connectivity index (χ0) is 12.5. The highest BCUT2D eigenvalue weighted by Crippen LogP contribution is 2.26. The number of hydrogen-bond acceptors (Lipinski definition) is 4. The standard InChI is InChI=1S/C13H11ClN2O2/c14-12-10-7-18-6-5-11(10)15-13(16-12)8-1-3-9(17)4-2-8/h1-4,17H,5-7H2. The highest BCUT2D eigenvalue weighted by atomic mass is 35.5. The van der Waals surface area contributed by atoms with Crippen molar-refractivity contribution >= 4 is 11.6 Å². The third-order valence-electron chi connectivity index (χ3n) is 2.90. The fraction of sp³-hybridized carbons (Fsp3) is 0.231. The molecule has 0 spiro atoms. The van der Waals surface area contributed by atoms with Crippen LogP contribution < -0.4 is 0 Å². The predicted molar refractivity (Wildman–Crippen MR) is 67.5 cm³/mol. The first-order valence-electron chi connectivity index (χ1n) is 5.66. The molecule has 0 aliphatic carbocycles. The van der Waals surface area contributed by atoms with Crippen LogP contribution in [0.3, 0.4) is 0 Å². The Morgan fingerprint density at radius 2 is 1.94 bits per heavy atom. The van der Waals surface area contributed by atoms with E-state index in [0.717, 1.165) is 23.2 Å². The van der Waals surface area contributed by atoms with Crippen molar-refractivity contribution in [3.63, 3.8) is 0 Å². The van der Waals surface area contributed by atoms with Crippen molar-refractivity contribution in [2.45, 2.75) is 13.0 Å². The van der Waals surface area contributed by atoms with Crippen LogP contribution in [0.4, 0.5) is 0 Å². The van der Waals surface area contributed by atoms with Crippen molar-refractivity contribution in [1.29, 1.82) is 0 Å². The maximum atomic E-state index is 9.27. The number of rotatable bonds is 1. The lowest BCUT2D eigenvalue weighted by Gasteiger charge is -2.17. The van der Waals surface area contributed by atoms with Crippen molar-refractivity contribution in [3.8, 4) is 17.1 Å². The van der Waals surface area contributed by atoms with Crippen LogP contribution in [0.25, 0.3) is 11.4 Å². The molecule has 0 atom stereocenters. The van der Waals surface area contributed by atoms with Crippen LogP contribution >= 0.6 is 11.6 Å². The van der Waals surface area contributed by atoms with Crippen LogP contribution in [0.5, 0.6) is 5.75 Å². The fourth-order valence-corrected chi connectivity index (χ4v) is 2.18. The van der Waals surface area contributed by atoms with Gasteiger partial charge in [0.05, 0.1) is 18.9 Å². The van der Waals surface area contributed by atoms with Gasteiger partial charge in [0.25, 0.3) is 0 Å². The molecular weight excluding hydrogens is 252 g/mol. The highest BCUT2D eigenvalue weighted by Gasteiger charge is 2.17. The number of phenols is 1. The topological polar surface area (TPSA) is 55.2 Å². The first-order chi connectivity index (χ1) is 8.74. The van der Waals surface area contributed by atoms with Crippen LogP contribution in [0, 0.1) is 0 Å². The summed E-state index contributed by atoms with van der Waals surface area (Å²) in [5.74, 6) is 0.803. The third-order valence-corrected chi connectivity index (χ3v) is 3.21. The minimum Gasteiger partial charge on any atom is -0.508 e. The summed E-state index contributed by atoms with van der Waals surface area (Å²) >= 11 is 6.15. The van der Waals surface area contributed by atoms with E-state index >= 15 is 0 Å². The molecule has 18 heavy (non-hydrogen) atoms. The smallest absolute Gasteiger partial charge is 0.161 e. The molecule has 1 aliphatic heterocycles. The minimum absolute atomic E-state index is 0.219. The minimum atomic E-state index is 0.219. The molecule has 0 bridgehead atoms. The number of hydrogen-bond donors (Lipinski definition) is 1. The normalized spacial score (nSPS) is 14.3. The van der Waals surface area contributed by atoms with Crippen molar-refractivity contribution in [2.24, 2.45) is 0 Å². The Labute approximate surface area is 109 Å². The molecule has 0 unspecified atom stereocenters. The monoisotopic (exact) mass is 262 g/mol. The lowest BCUT2D eigenvalue weighted by Crippen LogP contribution is -2.14. The van der Waals surface area contributed by atoms with Crippen LogP contribution in [0.1, 0.15) is 11.3 Å². The lowest BCUT2D eigenvalue weighted by atomic mass is 10.1. The molecule has 5 heteroatoms. The van der Waals surface area contributed by atoms with Crippen LogP contribution in [-0.4, -0.2) is 21.7 Å². The highest BCUT2D eigenvalue weighted by molar-refractivity contribution is 6.30. The molecule has 4 nitrogen and oxygen atoms in total. The molecule has 2 aromatic rings. The van der Waals surface area contributed by atoms with Crippen LogP contribution in [-0.2, 0) is 17.8 Å². The van der Waals surface area contributed by atoms with E-state index in [1.807, 2.05) is 0 Å². The van der Waals surface area contributed by atoms with E-state index in [9.17, 15) is 5.11 Å². The maximum Gasteiger partial charge on any atom is 0.161 e. The zero-order valence-electron chi connectivity index (χ0n) is 9.56. The van der Waals surface area contributed by atoms with E-state index in [0.29, 0.717) is 24.2 Å².